The average Bonchev–Trinajstić information content (AvgIpc) is 3.77. The summed E-state index contributed by atoms with van der Waals surface area (Å²) >= 11 is 0. The van der Waals surface area contributed by atoms with Crippen LogP contribution in [-0.2, 0) is 13.6 Å². The van der Waals surface area contributed by atoms with Crippen molar-refractivity contribution >= 4 is 45.9 Å². The fraction of sp³-hybridized carbons (Fsp3) is 0.660. The van der Waals surface area contributed by atoms with Gasteiger partial charge in [0.2, 0.25) is 0 Å². The maximum Gasteiger partial charge on any atom is 0.412 e. The van der Waals surface area contributed by atoms with Crippen LogP contribution in [0.2, 0.25) is 36.3 Å². The summed E-state index contributed by atoms with van der Waals surface area (Å²) in [6.07, 6.45) is 2.94. The molecule has 2 saturated heterocycles. The van der Waals surface area contributed by atoms with Gasteiger partial charge in [0, 0.05) is 30.9 Å². The molecule has 0 saturated carbocycles. The van der Waals surface area contributed by atoms with Crippen molar-refractivity contribution in [2.24, 2.45) is 5.92 Å². The first-order valence-electron chi connectivity index (χ1n) is 23.5. The lowest BCUT2D eigenvalue weighted by molar-refractivity contribution is 0.0634. The Morgan fingerprint density at radius 2 is 1.23 bits per heavy atom. The SMILES string of the molecule is C=C1C[C@@H](CO[Si](C)(C)C(C)(C)C)N(C(=O)c2cc(OC)c(OCCCCCOc3cc(N)c(C(=O)N4CC(C)C[C@H]4CO[Si](C)(C)C(C)(C)C)cc3OC)cc2NC(=O)OC(C)(C)C)C1. The minimum absolute atomic E-state index is 0.0115. The standard InChI is InChI=1S/C50H82N4O10Si2/c1-33-23-35(31-62-65(14,15)49(6,7)8)53(29-33)45(55)37-25-41(58-12)43(27-39(37)51)60-21-19-18-20-22-61-44-28-40(52-47(57)64-48(3,4)5)38(26-42(44)59-13)46(56)54-30-34(2)24-36(54)32-63-66(16,17)50(9,10)11/h25-28,33,35-36H,2,18-24,29-32,51H2,1,3-17H3,(H,52,57)/t33?,35-,36-/m0/s1. The summed E-state index contributed by atoms with van der Waals surface area (Å²) in [5.74, 6) is 1.55. The monoisotopic (exact) mass is 955 g/mol. The molecule has 2 fully saturated rings. The predicted octanol–water partition coefficient (Wildman–Crippen LogP) is 10.9. The number of nitrogen functional groups attached to an aromatic ring is 1. The number of anilines is 2. The quantitative estimate of drug-likeness (QED) is 0.0597. The van der Waals surface area contributed by atoms with Crippen molar-refractivity contribution in [2.75, 3.05) is 64.8 Å². The molecule has 1 unspecified atom stereocenters. The van der Waals surface area contributed by atoms with E-state index in [1.807, 2.05) is 4.90 Å². The molecule has 4 rings (SSSR count). The van der Waals surface area contributed by atoms with Crippen LogP contribution in [0.25, 0.3) is 0 Å². The Morgan fingerprint density at radius 1 is 0.727 bits per heavy atom. The van der Waals surface area contributed by atoms with Gasteiger partial charge in [0.1, 0.15) is 5.60 Å². The van der Waals surface area contributed by atoms with Crippen LogP contribution in [0.15, 0.2) is 36.4 Å². The number of amides is 3. The first-order valence-corrected chi connectivity index (χ1v) is 29.3. The summed E-state index contributed by atoms with van der Waals surface area (Å²) in [6.45, 7) is 36.4. The highest BCUT2D eigenvalue weighted by Gasteiger charge is 2.42. The van der Waals surface area contributed by atoms with Gasteiger partial charge in [-0.3, -0.25) is 14.9 Å². The Hall–Kier alpha value is -4.26. The molecular weight excluding hydrogens is 873 g/mol. The molecule has 2 heterocycles. The topological polar surface area (TPSA) is 160 Å². The number of ether oxygens (including phenoxy) is 5. The van der Waals surface area contributed by atoms with Crippen LogP contribution < -0.4 is 30.0 Å². The molecule has 16 heteroatoms. The van der Waals surface area contributed by atoms with Gasteiger partial charge in [0.05, 0.1) is 69.5 Å². The molecule has 2 aromatic rings. The Labute approximate surface area is 397 Å². The summed E-state index contributed by atoms with van der Waals surface area (Å²) < 4.78 is 42.5. The van der Waals surface area contributed by atoms with E-state index in [9.17, 15) is 14.4 Å². The van der Waals surface area contributed by atoms with E-state index >= 15 is 0 Å². The number of methoxy groups -OCH3 is 2. The number of benzene rings is 2. The van der Waals surface area contributed by atoms with E-state index in [1.165, 1.54) is 7.11 Å². The van der Waals surface area contributed by atoms with Crippen LogP contribution in [0.3, 0.4) is 0 Å². The second-order valence-electron chi connectivity index (χ2n) is 22.2. The van der Waals surface area contributed by atoms with Gasteiger partial charge < -0.3 is 48.1 Å². The maximum atomic E-state index is 14.4. The number of carbonyl (C=O) groups excluding carboxylic acids is 3. The molecule has 2 aliphatic rings. The van der Waals surface area contributed by atoms with Crippen molar-refractivity contribution in [3.8, 4) is 23.0 Å². The van der Waals surface area contributed by atoms with Crippen LogP contribution in [0.5, 0.6) is 23.0 Å². The van der Waals surface area contributed by atoms with Crippen LogP contribution in [0.4, 0.5) is 16.2 Å². The van der Waals surface area contributed by atoms with E-state index in [0.29, 0.717) is 98.9 Å². The molecule has 3 amide bonds. The van der Waals surface area contributed by atoms with Gasteiger partial charge in [0.15, 0.2) is 39.6 Å². The zero-order valence-corrected chi connectivity index (χ0v) is 45.1. The molecule has 14 nitrogen and oxygen atoms in total. The van der Waals surface area contributed by atoms with Crippen LogP contribution in [-0.4, -0.2) is 116 Å². The molecule has 3 atom stereocenters. The van der Waals surface area contributed by atoms with Crippen LogP contribution in [0, 0.1) is 5.92 Å². The van der Waals surface area contributed by atoms with Crippen molar-refractivity contribution in [1.82, 2.24) is 9.80 Å². The first kappa shape index (κ1) is 54.4. The van der Waals surface area contributed by atoms with Gasteiger partial charge in [-0.25, -0.2) is 4.79 Å². The fourth-order valence-electron chi connectivity index (χ4n) is 7.48. The third kappa shape index (κ3) is 14.1. The Balaban J connectivity index is 1.40. The van der Waals surface area contributed by atoms with Crippen LogP contribution in [0.1, 0.15) is 122 Å². The molecular formula is C50H82N4O10Si2. The summed E-state index contributed by atoms with van der Waals surface area (Å²) in [5, 5.41) is 2.89. The summed E-state index contributed by atoms with van der Waals surface area (Å²) in [5.41, 5.74) is 7.89. The number of carbonyl (C=O) groups is 3. The van der Waals surface area contributed by atoms with E-state index in [0.717, 1.165) is 18.4 Å². The minimum Gasteiger partial charge on any atom is -0.493 e. The van der Waals surface area contributed by atoms with Crippen LogP contribution >= 0.6 is 0 Å². The normalized spacial score (nSPS) is 18.4. The highest BCUT2D eigenvalue weighted by Crippen LogP contribution is 2.41. The van der Waals surface area contributed by atoms with Crippen molar-refractivity contribution < 1.29 is 46.9 Å². The van der Waals surface area contributed by atoms with E-state index in [4.69, 9.17) is 38.3 Å². The number of hydrogen-bond acceptors (Lipinski definition) is 11. The molecule has 0 spiro atoms. The number of nitrogens with zero attached hydrogens (tertiary/aromatic N) is 2. The highest BCUT2D eigenvalue weighted by molar-refractivity contribution is 6.74. The molecule has 0 bridgehead atoms. The Kier molecular flexibility index (Phi) is 17.9. The lowest BCUT2D eigenvalue weighted by atomic mass is 10.1. The number of nitrogens with two attached hydrogens (primary N) is 1. The number of likely N-dealkylation sites (tertiary alicyclic amines) is 2. The molecule has 66 heavy (non-hydrogen) atoms. The third-order valence-corrected chi connectivity index (χ3v) is 22.4. The van der Waals surface area contributed by atoms with Gasteiger partial charge in [0.25, 0.3) is 11.8 Å². The molecule has 0 radical (unpaired) electrons. The van der Waals surface area contributed by atoms with Crippen molar-refractivity contribution in [2.45, 2.75) is 155 Å². The molecule has 2 aliphatic heterocycles. The zero-order chi connectivity index (χ0) is 49.6. The van der Waals surface area contributed by atoms with Gasteiger partial charge in [-0.2, -0.15) is 0 Å². The molecule has 2 aromatic carbocycles. The molecule has 0 aromatic heterocycles. The molecule has 0 aliphatic carbocycles. The fourth-order valence-corrected chi connectivity index (χ4v) is 9.56. The van der Waals surface area contributed by atoms with Gasteiger partial charge in [-0.05, 0) is 107 Å². The highest BCUT2D eigenvalue weighted by atomic mass is 28.4. The van der Waals surface area contributed by atoms with E-state index in [2.05, 4.69) is 86.5 Å². The molecule has 3 N–H and O–H groups in total. The second-order valence-corrected chi connectivity index (χ2v) is 31.8. The van der Waals surface area contributed by atoms with E-state index in [1.54, 1.807) is 57.0 Å². The number of unbranched alkanes of at least 4 members (excludes halogenated alkanes) is 2. The number of rotatable bonds is 19. The maximum absolute atomic E-state index is 14.4. The van der Waals surface area contributed by atoms with Gasteiger partial charge in [-0.15, -0.1) is 0 Å². The summed E-state index contributed by atoms with van der Waals surface area (Å²) in [6, 6.07) is 6.33. The molecule has 370 valence electrons. The van der Waals surface area contributed by atoms with Gasteiger partial charge in [-0.1, -0.05) is 60.6 Å². The smallest absolute Gasteiger partial charge is 0.412 e. The minimum atomic E-state index is -2.09. The Morgan fingerprint density at radius 3 is 1.74 bits per heavy atom. The van der Waals surface area contributed by atoms with Crippen molar-refractivity contribution in [3.05, 3.63) is 47.5 Å². The summed E-state index contributed by atoms with van der Waals surface area (Å²) in [4.78, 5) is 45.2. The average molecular weight is 955 g/mol. The largest absolute Gasteiger partial charge is 0.493 e. The zero-order valence-electron chi connectivity index (χ0n) is 43.1. The second kappa shape index (κ2) is 21.8. The van der Waals surface area contributed by atoms with Crippen molar-refractivity contribution in [1.29, 1.82) is 0 Å². The Bertz CT molecular complexity index is 2040. The lowest BCUT2D eigenvalue weighted by Crippen LogP contribution is -2.46. The number of hydrogen-bond donors (Lipinski definition) is 2. The lowest BCUT2D eigenvalue weighted by Gasteiger charge is -2.38. The van der Waals surface area contributed by atoms with Crippen molar-refractivity contribution in [3.63, 3.8) is 0 Å². The third-order valence-electron chi connectivity index (χ3n) is 13.4. The summed E-state index contributed by atoms with van der Waals surface area (Å²) in [7, 11) is -1.02. The number of nitrogens with one attached hydrogen (secondary N) is 1. The van der Waals surface area contributed by atoms with E-state index < -0.39 is 28.3 Å². The predicted molar refractivity (Wildman–Crippen MR) is 269 cm³/mol. The van der Waals surface area contributed by atoms with Gasteiger partial charge >= 0.3 is 6.09 Å². The first-order chi connectivity index (χ1) is 30.5. The van der Waals surface area contributed by atoms with E-state index in [-0.39, 0.29) is 45.2 Å².